The molecule has 2 fully saturated rings. The molecule has 0 saturated carbocycles. The van der Waals surface area contributed by atoms with Crippen molar-refractivity contribution < 1.29 is 9.53 Å². The first-order chi connectivity index (χ1) is 12.2. The van der Waals surface area contributed by atoms with Gasteiger partial charge in [-0.1, -0.05) is 24.3 Å². The molecule has 4 heteroatoms. The lowest BCUT2D eigenvalue weighted by atomic mass is 9.93. The average Bonchev–Trinajstić information content (AvgIpc) is 3.06. The zero-order valence-corrected chi connectivity index (χ0v) is 15.3. The highest BCUT2D eigenvalue weighted by Crippen LogP contribution is 2.22. The third-order valence-corrected chi connectivity index (χ3v) is 5.48. The van der Waals surface area contributed by atoms with Crippen LogP contribution in [0.25, 0.3) is 6.08 Å². The van der Waals surface area contributed by atoms with Crippen molar-refractivity contribution in [1.82, 2.24) is 9.80 Å². The Morgan fingerprint density at radius 3 is 2.56 bits per heavy atom. The summed E-state index contributed by atoms with van der Waals surface area (Å²) in [6.07, 6.45) is 9.96. The molecule has 2 saturated heterocycles. The first kappa shape index (κ1) is 18.0. The number of ether oxygens (including phenoxy) is 1. The molecular formula is C21H30N2O2. The van der Waals surface area contributed by atoms with Crippen molar-refractivity contribution >= 4 is 12.0 Å². The van der Waals surface area contributed by atoms with Crippen LogP contribution in [0.3, 0.4) is 0 Å². The van der Waals surface area contributed by atoms with Crippen LogP contribution in [0, 0.1) is 5.92 Å². The number of hydrogen-bond acceptors (Lipinski definition) is 3. The molecular weight excluding hydrogens is 312 g/mol. The maximum absolute atomic E-state index is 11.7. The van der Waals surface area contributed by atoms with Crippen LogP contribution in [0.5, 0.6) is 5.75 Å². The van der Waals surface area contributed by atoms with Crippen LogP contribution in [0.1, 0.15) is 37.7 Å². The summed E-state index contributed by atoms with van der Waals surface area (Å²) < 4.78 is 5.18. The third-order valence-electron chi connectivity index (χ3n) is 5.48. The summed E-state index contributed by atoms with van der Waals surface area (Å²) >= 11 is 0. The second-order valence-electron chi connectivity index (χ2n) is 7.19. The second-order valence-corrected chi connectivity index (χ2v) is 7.19. The van der Waals surface area contributed by atoms with Gasteiger partial charge in [0.05, 0.1) is 7.11 Å². The number of methoxy groups -OCH3 is 1. The highest BCUT2D eigenvalue weighted by atomic mass is 16.5. The fourth-order valence-corrected chi connectivity index (χ4v) is 3.79. The maximum atomic E-state index is 11.7. The van der Waals surface area contributed by atoms with Crippen molar-refractivity contribution in [2.75, 3.05) is 39.8 Å². The zero-order chi connectivity index (χ0) is 17.5. The van der Waals surface area contributed by atoms with Gasteiger partial charge in [0.2, 0.25) is 5.91 Å². The van der Waals surface area contributed by atoms with Crippen LogP contribution in [0.2, 0.25) is 0 Å². The molecule has 1 amide bonds. The standard InChI is InChI=1S/C21H30N2O2/c1-25-20-8-6-18(7-9-20)4-2-13-22-15-10-19(11-16-22)12-17-23-14-3-5-21(23)24/h2,4,6-9,19H,3,5,10-17H2,1H3/b4-2+. The van der Waals surface area contributed by atoms with Gasteiger partial charge < -0.3 is 9.64 Å². The molecule has 0 unspecified atom stereocenters. The Kier molecular flexibility index (Phi) is 6.51. The van der Waals surface area contributed by atoms with E-state index >= 15 is 0 Å². The van der Waals surface area contributed by atoms with E-state index in [1.165, 1.54) is 37.9 Å². The molecule has 0 N–H and O–H groups in total. The van der Waals surface area contributed by atoms with Crippen molar-refractivity contribution in [3.05, 3.63) is 35.9 Å². The van der Waals surface area contributed by atoms with Crippen molar-refractivity contribution in [2.45, 2.75) is 32.1 Å². The van der Waals surface area contributed by atoms with Gasteiger partial charge in [0, 0.05) is 26.1 Å². The van der Waals surface area contributed by atoms with Crippen LogP contribution in [-0.4, -0.2) is 55.5 Å². The van der Waals surface area contributed by atoms with E-state index in [2.05, 4.69) is 34.1 Å². The maximum Gasteiger partial charge on any atom is 0.222 e. The van der Waals surface area contributed by atoms with E-state index in [-0.39, 0.29) is 0 Å². The van der Waals surface area contributed by atoms with E-state index in [0.29, 0.717) is 5.91 Å². The van der Waals surface area contributed by atoms with Gasteiger partial charge in [0.15, 0.2) is 0 Å². The van der Waals surface area contributed by atoms with Gasteiger partial charge in [-0.2, -0.15) is 0 Å². The van der Waals surface area contributed by atoms with Gasteiger partial charge in [0.1, 0.15) is 5.75 Å². The number of hydrogen-bond donors (Lipinski definition) is 0. The molecule has 0 aliphatic carbocycles. The van der Waals surface area contributed by atoms with E-state index in [1.807, 2.05) is 12.1 Å². The molecule has 4 nitrogen and oxygen atoms in total. The number of carbonyl (C=O) groups is 1. The number of carbonyl (C=O) groups excluding carboxylic acids is 1. The minimum Gasteiger partial charge on any atom is -0.497 e. The Morgan fingerprint density at radius 1 is 1.16 bits per heavy atom. The number of amides is 1. The van der Waals surface area contributed by atoms with E-state index in [9.17, 15) is 4.79 Å². The average molecular weight is 342 g/mol. The smallest absolute Gasteiger partial charge is 0.222 e. The Hall–Kier alpha value is -1.81. The molecule has 136 valence electrons. The van der Waals surface area contributed by atoms with Crippen molar-refractivity contribution in [1.29, 1.82) is 0 Å². The summed E-state index contributed by atoms with van der Waals surface area (Å²) in [5.74, 6) is 2.05. The molecule has 0 aromatic heterocycles. The first-order valence-electron chi connectivity index (χ1n) is 9.55. The summed E-state index contributed by atoms with van der Waals surface area (Å²) in [6.45, 7) is 5.31. The van der Waals surface area contributed by atoms with Crippen molar-refractivity contribution in [3.8, 4) is 5.75 Å². The lowest BCUT2D eigenvalue weighted by Gasteiger charge is -2.32. The van der Waals surface area contributed by atoms with E-state index in [0.717, 1.165) is 44.1 Å². The highest BCUT2D eigenvalue weighted by Gasteiger charge is 2.23. The molecule has 2 aliphatic heterocycles. The summed E-state index contributed by atoms with van der Waals surface area (Å²) in [7, 11) is 1.69. The van der Waals surface area contributed by atoms with Gasteiger partial charge in [0.25, 0.3) is 0 Å². The van der Waals surface area contributed by atoms with E-state index in [4.69, 9.17) is 4.74 Å². The first-order valence-corrected chi connectivity index (χ1v) is 9.55. The molecule has 2 heterocycles. The number of nitrogens with zero attached hydrogens (tertiary/aromatic N) is 2. The quantitative estimate of drug-likeness (QED) is 0.761. The van der Waals surface area contributed by atoms with Gasteiger partial charge in [-0.05, 0) is 62.4 Å². The molecule has 0 atom stereocenters. The third kappa shape index (κ3) is 5.33. The Labute approximate surface area is 151 Å². The van der Waals surface area contributed by atoms with Crippen LogP contribution in [0.4, 0.5) is 0 Å². The molecule has 1 aromatic rings. The molecule has 25 heavy (non-hydrogen) atoms. The SMILES string of the molecule is COc1ccc(/C=C/CN2CCC(CCN3CCCC3=O)CC2)cc1. The number of piperidine rings is 1. The molecule has 2 aliphatic rings. The van der Waals surface area contributed by atoms with Crippen LogP contribution < -0.4 is 4.74 Å². The fourth-order valence-electron chi connectivity index (χ4n) is 3.79. The van der Waals surface area contributed by atoms with Crippen LogP contribution in [0.15, 0.2) is 30.3 Å². The molecule has 3 rings (SSSR count). The lowest BCUT2D eigenvalue weighted by molar-refractivity contribution is -0.127. The highest BCUT2D eigenvalue weighted by molar-refractivity contribution is 5.77. The Morgan fingerprint density at radius 2 is 1.92 bits per heavy atom. The van der Waals surface area contributed by atoms with Gasteiger partial charge in [-0.25, -0.2) is 0 Å². The summed E-state index contributed by atoms with van der Waals surface area (Å²) in [5.41, 5.74) is 1.21. The number of likely N-dealkylation sites (tertiary alicyclic amines) is 2. The summed E-state index contributed by atoms with van der Waals surface area (Å²) in [5, 5.41) is 0. The monoisotopic (exact) mass is 342 g/mol. The molecule has 0 bridgehead atoms. The zero-order valence-electron chi connectivity index (χ0n) is 15.3. The fraction of sp³-hybridized carbons (Fsp3) is 0.571. The molecule has 0 radical (unpaired) electrons. The summed E-state index contributed by atoms with van der Waals surface area (Å²) in [4.78, 5) is 16.3. The number of benzene rings is 1. The largest absolute Gasteiger partial charge is 0.497 e. The Bertz CT molecular complexity index is 574. The normalized spacial score (nSPS) is 19.9. The molecule has 0 spiro atoms. The predicted octanol–water partition coefficient (Wildman–Crippen LogP) is 3.43. The van der Waals surface area contributed by atoms with E-state index in [1.54, 1.807) is 7.11 Å². The lowest BCUT2D eigenvalue weighted by Crippen LogP contribution is -2.35. The summed E-state index contributed by atoms with van der Waals surface area (Å²) in [6, 6.07) is 8.16. The minimum atomic E-state index is 0.362. The topological polar surface area (TPSA) is 32.8 Å². The van der Waals surface area contributed by atoms with Crippen molar-refractivity contribution in [3.63, 3.8) is 0 Å². The van der Waals surface area contributed by atoms with Gasteiger partial charge in [-0.3, -0.25) is 9.69 Å². The molecule has 1 aromatic carbocycles. The van der Waals surface area contributed by atoms with Gasteiger partial charge in [-0.15, -0.1) is 0 Å². The van der Waals surface area contributed by atoms with Crippen LogP contribution in [-0.2, 0) is 4.79 Å². The minimum absolute atomic E-state index is 0.362. The van der Waals surface area contributed by atoms with Crippen molar-refractivity contribution in [2.24, 2.45) is 5.92 Å². The van der Waals surface area contributed by atoms with Crippen LogP contribution >= 0.6 is 0 Å². The Balaban J connectivity index is 1.34. The predicted molar refractivity (Wildman–Crippen MR) is 102 cm³/mol. The number of rotatable bonds is 7. The second kappa shape index (κ2) is 9.04. The van der Waals surface area contributed by atoms with Gasteiger partial charge >= 0.3 is 0 Å². The van der Waals surface area contributed by atoms with E-state index < -0.39 is 0 Å².